The van der Waals surface area contributed by atoms with Crippen LogP contribution in [0.4, 0.5) is 23.9 Å². The summed E-state index contributed by atoms with van der Waals surface area (Å²) in [6, 6.07) is 13.7. The van der Waals surface area contributed by atoms with Gasteiger partial charge in [-0.05, 0) is 105 Å². The van der Waals surface area contributed by atoms with Gasteiger partial charge >= 0.3 is 12.3 Å². The van der Waals surface area contributed by atoms with E-state index in [1.165, 1.54) is 6.07 Å². The number of hydrogen-bond donors (Lipinski definition) is 3. The van der Waals surface area contributed by atoms with E-state index in [9.17, 15) is 26.4 Å². The average molecular weight is 671 g/mol. The Morgan fingerprint density at radius 1 is 1.04 bits per heavy atom. The molecule has 2 heterocycles. The highest BCUT2D eigenvalue weighted by Crippen LogP contribution is 2.66. The SMILES string of the molecule is Cc1cccc(C)c1-c1cc2nc(n1)NS(=O)(=O)c1cccc(c1)C(C1CC3(CC(NC(=O)O)C3)C1)[C@H](CC1(C(F)(F)F)CC1)CO2. The van der Waals surface area contributed by atoms with E-state index in [1.54, 1.807) is 24.3 Å². The van der Waals surface area contributed by atoms with Crippen LogP contribution in [0.15, 0.2) is 53.4 Å². The van der Waals surface area contributed by atoms with Crippen molar-refractivity contribution in [1.29, 1.82) is 0 Å². The number of alkyl halides is 3. The summed E-state index contributed by atoms with van der Waals surface area (Å²) in [4.78, 5) is 20.0. The molecular formula is C34H37F3N4O5S. The minimum absolute atomic E-state index is 0.0248. The first-order chi connectivity index (χ1) is 22.2. The molecule has 0 radical (unpaired) electrons. The summed E-state index contributed by atoms with van der Waals surface area (Å²) in [5, 5.41) is 11.7. The number of sulfonamides is 1. The largest absolute Gasteiger partial charge is 0.477 e. The van der Waals surface area contributed by atoms with Crippen LogP contribution in [-0.4, -0.2) is 48.4 Å². The van der Waals surface area contributed by atoms with Crippen molar-refractivity contribution in [2.75, 3.05) is 11.3 Å². The third-order valence-corrected chi connectivity index (χ3v) is 12.2. The third kappa shape index (κ3) is 5.91. The van der Waals surface area contributed by atoms with Crippen LogP contribution in [0.1, 0.15) is 67.6 Å². The monoisotopic (exact) mass is 670 g/mol. The molecule has 1 spiro atoms. The van der Waals surface area contributed by atoms with Crippen LogP contribution in [0.3, 0.4) is 0 Å². The van der Waals surface area contributed by atoms with E-state index in [1.807, 2.05) is 32.0 Å². The molecule has 1 aliphatic heterocycles. The van der Waals surface area contributed by atoms with Crippen LogP contribution < -0.4 is 14.8 Å². The summed E-state index contributed by atoms with van der Waals surface area (Å²) in [7, 11) is -4.18. The molecule has 3 aromatic rings. The average Bonchev–Trinajstić information content (AvgIpc) is 3.74. The van der Waals surface area contributed by atoms with Gasteiger partial charge < -0.3 is 15.2 Å². The lowest BCUT2D eigenvalue weighted by Crippen LogP contribution is -2.57. The Bertz CT molecular complexity index is 1810. The van der Waals surface area contributed by atoms with E-state index >= 15 is 0 Å². The maximum atomic E-state index is 14.5. The second kappa shape index (κ2) is 11.1. The zero-order valence-electron chi connectivity index (χ0n) is 26.1. The summed E-state index contributed by atoms with van der Waals surface area (Å²) < 4.78 is 79.6. The van der Waals surface area contributed by atoms with Crippen molar-refractivity contribution in [1.82, 2.24) is 15.3 Å². The topological polar surface area (TPSA) is 131 Å². The minimum atomic E-state index is -4.38. The first kappa shape index (κ1) is 31.7. The van der Waals surface area contributed by atoms with Gasteiger partial charge in [0, 0.05) is 23.6 Å². The van der Waals surface area contributed by atoms with Crippen molar-refractivity contribution in [3.05, 3.63) is 65.2 Å². The number of nitrogens with one attached hydrogen (secondary N) is 2. The van der Waals surface area contributed by atoms with Crippen LogP contribution in [0, 0.1) is 36.5 Å². The van der Waals surface area contributed by atoms with Gasteiger partial charge in [0.25, 0.3) is 10.0 Å². The Kier molecular flexibility index (Phi) is 7.49. The van der Waals surface area contributed by atoms with Crippen LogP contribution in [0.25, 0.3) is 11.3 Å². The molecule has 1 unspecified atom stereocenters. The van der Waals surface area contributed by atoms with E-state index in [2.05, 4.69) is 20.0 Å². The first-order valence-electron chi connectivity index (χ1n) is 15.9. The standard InChI is InChI=1S/C34H37F3N4O5S/c1-19-5-3-6-20(2)28(19)26-12-27-40-30(39-26)41-47(44,45)25-8-4-7-21(11-25)29(22-13-32(14-22)16-24(17-32)38-31(42)43)23(18-46-27)15-33(9-10-33)34(35,36)37/h3-8,11-12,22-24,29,38H,9-10,13-18H2,1-2H3,(H,42,43)(H,39,40,41)/t22?,23-,24?,29?,32?/m1/s1. The van der Waals surface area contributed by atoms with E-state index in [4.69, 9.17) is 9.84 Å². The molecule has 2 atom stereocenters. The van der Waals surface area contributed by atoms with Crippen LogP contribution >= 0.6 is 0 Å². The molecule has 47 heavy (non-hydrogen) atoms. The van der Waals surface area contributed by atoms with Crippen LogP contribution in [0.5, 0.6) is 5.88 Å². The molecule has 3 aliphatic carbocycles. The zero-order chi connectivity index (χ0) is 33.4. The zero-order valence-corrected chi connectivity index (χ0v) is 26.9. The number of rotatable bonds is 5. The third-order valence-electron chi connectivity index (χ3n) is 10.9. The number of benzene rings is 2. The highest BCUT2D eigenvalue weighted by molar-refractivity contribution is 7.92. The van der Waals surface area contributed by atoms with Gasteiger partial charge in [0.05, 0.1) is 22.6 Å². The lowest BCUT2D eigenvalue weighted by molar-refractivity contribution is -0.194. The summed E-state index contributed by atoms with van der Waals surface area (Å²) in [5.74, 6) is -1.16. The predicted molar refractivity (Wildman–Crippen MR) is 168 cm³/mol. The fraction of sp³-hybridized carbons (Fsp3) is 0.500. The highest BCUT2D eigenvalue weighted by atomic mass is 32.2. The number of carboxylic acid groups (broad SMARTS) is 1. The Morgan fingerprint density at radius 2 is 1.72 bits per heavy atom. The van der Waals surface area contributed by atoms with Crippen molar-refractivity contribution < 1.29 is 36.2 Å². The van der Waals surface area contributed by atoms with Crippen LogP contribution in [0.2, 0.25) is 0 Å². The van der Waals surface area contributed by atoms with Gasteiger partial charge in [-0.3, -0.25) is 0 Å². The number of aromatic nitrogens is 2. The molecule has 4 bridgehead atoms. The molecule has 9 nitrogen and oxygen atoms in total. The molecule has 250 valence electrons. The van der Waals surface area contributed by atoms with Crippen molar-refractivity contribution in [3.63, 3.8) is 0 Å². The summed E-state index contributed by atoms with van der Waals surface area (Å²) in [6.45, 7) is 3.78. The van der Waals surface area contributed by atoms with Crippen LogP contribution in [-0.2, 0) is 10.0 Å². The number of ether oxygens (including phenoxy) is 1. The molecule has 4 aliphatic rings. The lowest BCUT2D eigenvalue weighted by atomic mass is 9.46. The van der Waals surface area contributed by atoms with Gasteiger partial charge in [-0.15, -0.1) is 0 Å². The maximum Gasteiger partial charge on any atom is 0.404 e. The van der Waals surface area contributed by atoms with Gasteiger partial charge in [-0.2, -0.15) is 18.2 Å². The van der Waals surface area contributed by atoms with Gasteiger partial charge in [0.15, 0.2) is 0 Å². The molecule has 3 fully saturated rings. The van der Waals surface area contributed by atoms with Gasteiger partial charge in [-0.1, -0.05) is 30.3 Å². The number of carbonyl (C=O) groups is 1. The second-order valence-electron chi connectivity index (χ2n) is 14.2. The molecule has 2 aromatic carbocycles. The second-order valence-corrected chi connectivity index (χ2v) is 15.8. The molecule has 7 rings (SSSR count). The predicted octanol–water partition coefficient (Wildman–Crippen LogP) is 7.21. The van der Waals surface area contributed by atoms with Crippen molar-refractivity contribution >= 4 is 22.1 Å². The van der Waals surface area contributed by atoms with Gasteiger partial charge in [-0.25, -0.2) is 22.9 Å². The fourth-order valence-corrected chi connectivity index (χ4v) is 9.53. The quantitative estimate of drug-likeness (QED) is 0.262. The molecule has 13 heteroatoms. The normalized spacial score (nSPS) is 28.7. The fourth-order valence-electron chi connectivity index (χ4n) is 8.53. The lowest BCUT2D eigenvalue weighted by Gasteiger charge is -2.60. The molecular weight excluding hydrogens is 633 g/mol. The van der Waals surface area contributed by atoms with Crippen molar-refractivity contribution in [2.45, 2.75) is 81.8 Å². The number of nitrogens with zero attached hydrogens (tertiary/aromatic N) is 2. The molecule has 1 aromatic heterocycles. The Morgan fingerprint density at radius 3 is 2.36 bits per heavy atom. The van der Waals surface area contributed by atoms with Gasteiger partial charge in [0.1, 0.15) is 0 Å². The summed E-state index contributed by atoms with van der Waals surface area (Å²) in [6.07, 6.45) is -2.71. The molecule has 1 amide bonds. The Hall–Kier alpha value is -3.87. The van der Waals surface area contributed by atoms with E-state index in [0.29, 0.717) is 36.9 Å². The first-order valence-corrected chi connectivity index (χ1v) is 17.4. The summed E-state index contributed by atoms with van der Waals surface area (Å²) in [5.41, 5.74) is 1.82. The van der Waals surface area contributed by atoms with Crippen molar-refractivity contribution in [3.8, 4) is 17.1 Å². The molecule has 3 saturated carbocycles. The Balaban J connectivity index is 1.29. The van der Waals surface area contributed by atoms with Crippen molar-refractivity contribution in [2.24, 2.45) is 22.7 Å². The number of fused-ring (bicyclic) bond motifs is 4. The summed E-state index contributed by atoms with van der Waals surface area (Å²) >= 11 is 0. The number of halogens is 3. The smallest absolute Gasteiger partial charge is 0.404 e. The molecule has 0 saturated heterocycles. The maximum absolute atomic E-state index is 14.5. The minimum Gasteiger partial charge on any atom is -0.477 e. The van der Waals surface area contributed by atoms with E-state index < -0.39 is 39.5 Å². The van der Waals surface area contributed by atoms with Gasteiger partial charge in [0.2, 0.25) is 11.8 Å². The number of amides is 1. The number of anilines is 1. The van der Waals surface area contributed by atoms with E-state index in [0.717, 1.165) is 16.7 Å². The Labute approximate surface area is 271 Å². The molecule has 3 N–H and O–H groups in total. The number of hydrogen-bond acceptors (Lipinski definition) is 6. The van der Waals surface area contributed by atoms with E-state index in [-0.39, 0.29) is 60.0 Å². The number of aryl methyl sites for hydroxylation is 2. The highest BCUT2D eigenvalue weighted by Gasteiger charge is 2.64.